The maximum Gasteiger partial charge on any atom is 0.243 e. The van der Waals surface area contributed by atoms with Gasteiger partial charge in [-0.05, 0) is 49.8 Å². The SMILES string of the molecule is CCCCc1cccc2[nH]c(C)c(CC[C@H]3NC(=O)[C@@H](Cc4cscn4)NC3=O)c12. The third kappa shape index (κ3) is 4.26. The van der Waals surface area contributed by atoms with Gasteiger partial charge in [-0.25, -0.2) is 4.98 Å². The number of unbranched alkanes of at least 4 members (excludes halogenated alkanes) is 1. The second kappa shape index (κ2) is 9.00. The topological polar surface area (TPSA) is 86.9 Å². The molecule has 2 amide bonds. The van der Waals surface area contributed by atoms with Crippen LogP contribution in [0.4, 0.5) is 0 Å². The zero-order chi connectivity index (χ0) is 21.1. The van der Waals surface area contributed by atoms with Gasteiger partial charge in [0, 0.05) is 28.4 Å². The van der Waals surface area contributed by atoms with Crippen LogP contribution in [0.3, 0.4) is 0 Å². The van der Waals surface area contributed by atoms with E-state index in [1.54, 1.807) is 5.51 Å². The number of amides is 2. The maximum absolute atomic E-state index is 12.6. The lowest BCUT2D eigenvalue weighted by molar-refractivity contribution is -0.136. The lowest BCUT2D eigenvalue weighted by Gasteiger charge is -2.29. The van der Waals surface area contributed by atoms with Crippen LogP contribution in [0.1, 0.15) is 48.7 Å². The second-order valence-electron chi connectivity index (χ2n) is 8.02. The van der Waals surface area contributed by atoms with E-state index in [0.717, 1.165) is 42.6 Å². The highest BCUT2D eigenvalue weighted by atomic mass is 32.1. The van der Waals surface area contributed by atoms with Crippen molar-refractivity contribution in [2.24, 2.45) is 0 Å². The molecule has 7 heteroatoms. The molecule has 2 atom stereocenters. The van der Waals surface area contributed by atoms with Gasteiger partial charge in [0.05, 0.1) is 11.2 Å². The number of piperazine rings is 1. The molecule has 1 fully saturated rings. The number of aromatic nitrogens is 2. The molecule has 0 spiro atoms. The van der Waals surface area contributed by atoms with E-state index in [2.05, 4.69) is 52.6 Å². The predicted molar refractivity (Wildman–Crippen MR) is 120 cm³/mol. The average Bonchev–Trinajstić information content (AvgIpc) is 3.35. The number of aryl methyl sites for hydroxylation is 3. The van der Waals surface area contributed by atoms with E-state index < -0.39 is 12.1 Å². The van der Waals surface area contributed by atoms with Gasteiger partial charge in [0.2, 0.25) is 11.8 Å². The van der Waals surface area contributed by atoms with Gasteiger partial charge < -0.3 is 15.6 Å². The summed E-state index contributed by atoms with van der Waals surface area (Å²) >= 11 is 1.49. The molecule has 0 saturated carbocycles. The summed E-state index contributed by atoms with van der Waals surface area (Å²) in [5.74, 6) is -0.245. The van der Waals surface area contributed by atoms with Gasteiger partial charge in [0.25, 0.3) is 0 Å². The van der Waals surface area contributed by atoms with Crippen LogP contribution in [0, 0.1) is 6.92 Å². The summed E-state index contributed by atoms with van der Waals surface area (Å²) in [4.78, 5) is 32.9. The van der Waals surface area contributed by atoms with Crippen molar-refractivity contribution in [3.63, 3.8) is 0 Å². The molecule has 6 nitrogen and oxygen atoms in total. The minimum absolute atomic E-state index is 0.112. The first-order valence-corrected chi connectivity index (χ1v) is 11.6. The molecule has 3 heterocycles. The summed E-state index contributed by atoms with van der Waals surface area (Å²) in [6.45, 7) is 4.29. The zero-order valence-corrected chi connectivity index (χ0v) is 18.3. The Kier molecular flexibility index (Phi) is 6.18. The van der Waals surface area contributed by atoms with E-state index in [4.69, 9.17) is 0 Å². The number of rotatable bonds is 8. The largest absolute Gasteiger partial charge is 0.358 e. The molecule has 1 aromatic carbocycles. The lowest BCUT2D eigenvalue weighted by Crippen LogP contribution is -2.62. The highest BCUT2D eigenvalue weighted by Gasteiger charge is 2.33. The molecule has 0 aliphatic carbocycles. The molecule has 2 aromatic heterocycles. The Hall–Kier alpha value is -2.67. The number of nitrogens with one attached hydrogen (secondary N) is 3. The first-order chi connectivity index (χ1) is 14.6. The Morgan fingerprint density at radius 3 is 2.67 bits per heavy atom. The van der Waals surface area contributed by atoms with Gasteiger partial charge in [0.1, 0.15) is 12.1 Å². The number of carbonyl (C=O) groups is 2. The van der Waals surface area contributed by atoms with Gasteiger partial charge in [-0.15, -0.1) is 11.3 Å². The monoisotopic (exact) mass is 424 g/mol. The fourth-order valence-electron chi connectivity index (χ4n) is 4.27. The summed E-state index contributed by atoms with van der Waals surface area (Å²) in [6, 6.07) is 5.36. The number of benzene rings is 1. The predicted octanol–water partition coefficient (Wildman–Crippen LogP) is 3.43. The van der Waals surface area contributed by atoms with Crippen LogP contribution in [0.15, 0.2) is 29.1 Å². The number of thiazole rings is 1. The van der Waals surface area contributed by atoms with E-state index in [0.29, 0.717) is 12.8 Å². The average molecular weight is 425 g/mol. The second-order valence-corrected chi connectivity index (χ2v) is 8.74. The van der Waals surface area contributed by atoms with Crippen LogP contribution in [0.5, 0.6) is 0 Å². The van der Waals surface area contributed by atoms with Crippen LogP contribution < -0.4 is 10.6 Å². The van der Waals surface area contributed by atoms with Crippen molar-refractivity contribution < 1.29 is 9.59 Å². The fourth-order valence-corrected chi connectivity index (χ4v) is 4.84. The molecule has 1 aliphatic rings. The summed E-state index contributed by atoms with van der Waals surface area (Å²) < 4.78 is 0. The van der Waals surface area contributed by atoms with Crippen molar-refractivity contribution >= 4 is 34.1 Å². The van der Waals surface area contributed by atoms with Crippen LogP contribution in [0.25, 0.3) is 10.9 Å². The molecular weight excluding hydrogens is 396 g/mol. The van der Waals surface area contributed by atoms with Crippen LogP contribution in [-0.2, 0) is 28.9 Å². The van der Waals surface area contributed by atoms with Crippen molar-refractivity contribution in [1.82, 2.24) is 20.6 Å². The van der Waals surface area contributed by atoms with Gasteiger partial charge >= 0.3 is 0 Å². The number of hydrogen-bond acceptors (Lipinski definition) is 4. The number of nitrogens with zero attached hydrogens (tertiary/aromatic N) is 1. The molecular formula is C23H28N4O2S. The molecule has 3 N–H and O–H groups in total. The van der Waals surface area contributed by atoms with Crippen molar-refractivity contribution in [3.8, 4) is 0 Å². The summed E-state index contributed by atoms with van der Waals surface area (Å²) in [6.07, 6.45) is 5.12. The lowest BCUT2D eigenvalue weighted by atomic mass is 9.95. The van der Waals surface area contributed by atoms with Gasteiger partial charge in [-0.2, -0.15) is 0 Å². The fraction of sp³-hybridized carbons (Fsp3) is 0.435. The molecule has 158 valence electrons. The third-order valence-electron chi connectivity index (χ3n) is 5.87. The molecule has 0 unspecified atom stereocenters. The third-order valence-corrected chi connectivity index (χ3v) is 6.51. The Morgan fingerprint density at radius 2 is 1.90 bits per heavy atom. The van der Waals surface area contributed by atoms with Crippen molar-refractivity contribution in [1.29, 1.82) is 0 Å². The molecule has 1 aliphatic heterocycles. The van der Waals surface area contributed by atoms with E-state index in [1.807, 2.05) is 5.38 Å². The van der Waals surface area contributed by atoms with E-state index in [-0.39, 0.29) is 11.8 Å². The normalized spacial score (nSPS) is 19.1. The van der Waals surface area contributed by atoms with Crippen molar-refractivity contribution in [2.45, 2.75) is 64.5 Å². The molecule has 0 bridgehead atoms. The van der Waals surface area contributed by atoms with Crippen molar-refractivity contribution in [3.05, 3.63) is 51.6 Å². The Balaban J connectivity index is 1.46. The molecule has 1 saturated heterocycles. The molecule has 30 heavy (non-hydrogen) atoms. The van der Waals surface area contributed by atoms with Gasteiger partial charge in [0.15, 0.2) is 0 Å². The van der Waals surface area contributed by atoms with E-state index >= 15 is 0 Å². The number of H-pyrrole nitrogens is 1. The van der Waals surface area contributed by atoms with Crippen LogP contribution in [0.2, 0.25) is 0 Å². The highest BCUT2D eigenvalue weighted by molar-refractivity contribution is 7.07. The molecule has 4 rings (SSSR count). The summed E-state index contributed by atoms with van der Waals surface area (Å²) in [7, 11) is 0. The number of carbonyl (C=O) groups excluding carboxylic acids is 2. The smallest absolute Gasteiger partial charge is 0.243 e. The quantitative estimate of drug-likeness (QED) is 0.518. The van der Waals surface area contributed by atoms with Gasteiger partial charge in [-0.1, -0.05) is 25.5 Å². The standard InChI is InChI=1S/C23H28N4O2S/c1-3-4-6-15-7-5-8-18-21(15)17(14(2)25-18)9-10-19-22(28)27-20(23(29)26-19)11-16-12-30-13-24-16/h5,7-8,12-13,19-20,25H,3-4,6,9-11H2,1-2H3,(H,26,29)(H,27,28)/t19-,20-/m1/s1. The minimum Gasteiger partial charge on any atom is -0.358 e. The minimum atomic E-state index is -0.550. The van der Waals surface area contributed by atoms with Gasteiger partial charge in [-0.3, -0.25) is 9.59 Å². The van der Waals surface area contributed by atoms with E-state index in [1.165, 1.54) is 27.8 Å². The Bertz CT molecular complexity index is 1040. The number of aromatic amines is 1. The summed E-state index contributed by atoms with van der Waals surface area (Å²) in [5, 5.41) is 8.99. The maximum atomic E-state index is 12.6. The molecule has 3 aromatic rings. The van der Waals surface area contributed by atoms with Crippen LogP contribution in [-0.4, -0.2) is 33.9 Å². The number of hydrogen-bond donors (Lipinski definition) is 3. The Labute approximate surface area is 180 Å². The number of fused-ring (bicyclic) bond motifs is 1. The van der Waals surface area contributed by atoms with Crippen molar-refractivity contribution in [2.75, 3.05) is 0 Å². The summed E-state index contributed by atoms with van der Waals surface area (Å²) in [5.41, 5.74) is 7.46. The van der Waals surface area contributed by atoms with Crippen LogP contribution >= 0.6 is 11.3 Å². The molecule has 0 radical (unpaired) electrons. The first-order valence-electron chi connectivity index (χ1n) is 10.6. The first kappa shape index (κ1) is 20.6. The zero-order valence-electron chi connectivity index (χ0n) is 17.5. The highest BCUT2D eigenvalue weighted by Crippen LogP contribution is 2.28. The van der Waals surface area contributed by atoms with E-state index in [9.17, 15) is 9.59 Å². The Morgan fingerprint density at radius 1 is 1.10 bits per heavy atom.